The number of methoxy groups -OCH3 is 1. The second kappa shape index (κ2) is 7.96. The lowest BCUT2D eigenvalue weighted by Gasteiger charge is -2.16. The van der Waals surface area contributed by atoms with Gasteiger partial charge >= 0.3 is 5.97 Å². The van der Waals surface area contributed by atoms with E-state index in [1.807, 2.05) is 6.07 Å². The van der Waals surface area contributed by atoms with E-state index >= 15 is 0 Å². The van der Waals surface area contributed by atoms with Gasteiger partial charge in [-0.15, -0.1) is 0 Å². The van der Waals surface area contributed by atoms with E-state index < -0.39 is 5.97 Å². The molecule has 2 aliphatic heterocycles. The summed E-state index contributed by atoms with van der Waals surface area (Å²) in [5.41, 5.74) is 1.28. The Morgan fingerprint density at radius 1 is 1.24 bits per heavy atom. The fraction of sp³-hybridized carbons (Fsp3) is 0.150. The summed E-state index contributed by atoms with van der Waals surface area (Å²) in [5.74, 6) is -0.148. The summed E-state index contributed by atoms with van der Waals surface area (Å²) in [7, 11) is 1.24. The molecule has 2 heterocycles. The van der Waals surface area contributed by atoms with Crippen molar-refractivity contribution in [2.24, 2.45) is 4.99 Å². The molecule has 0 radical (unpaired) electrons. The molecule has 0 aliphatic carbocycles. The summed E-state index contributed by atoms with van der Waals surface area (Å²) in [6.07, 6.45) is 1.13. The smallest absolute Gasteiger partial charge is 0.331 e. The number of ether oxygens (including phenoxy) is 3. The van der Waals surface area contributed by atoms with Crippen molar-refractivity contribution in [3.63, 3.8) is 0 Å². The molecule has 2 aliphatic rings. The molecular weight excluding hydrogens is 399 g/mol. The van der Waals surface area contributed by atoms with Gasteiger partial charge in [-0.1, -0.05) is 6.07 Å². The van der Waals surface area contributed by atoms with E-state index in [1.165, 1.54) is 36.3 Å². The van der Waals surface area contributed by atoms with Gasteiger partial charge < -0.3 is 14.2 Å². The monoisotopic (exact) mass is 414 g/mol. The largest absolute Gasteiger partial charge is 0.466 e. The second-order valence-corrected chi connectivity index (χ2v) is 7.09. The number of thioether (sulfide) groups is 1. The maximum Gasteiger partial charge on any atom is 0.331 e. The topological polar surface area (TPSA) is 77.4 Å². The third kappa shape index (κ3) is 4.09. The van der Waals surface area contributed by atoms with Gasteiger partial charge in [0.15, 0.2) is 16.7 Å². The van der Waals surface area contributed by atoms with Crippen molar-refractivity contribution in [2.45, 2.75) is 6.54 Å². The zero-order chi connectivity index (χ0) is 20.4. The standard InChI is InChI=1S/C20H15FN2O5S/c1-26-18(24)9-17-19(25)23(10-12-2-7-15-16(8-12)28-11-27-15)20(29-17)22-14-5-3-13(21)4-6-14/h2-9H,10-11H2,1H3/b17-9-,22-20?. The minimum Gasteiger partial charge on any atom is -0.466 e. The molecule has 0 aromatic heterocycles. The van der Waals surface area contributed by atoms with Crippen molar-refractivity contribution in [3.8, 4) is 11.5 Å². The average molecular weight is 414 g/mol. The quantitative estimate of drug-likeness (QED) is 0.564. The number of amides is 1. The van der Waals surface area contributed by atoms with E-state index in [1.54, 1.807) is 12.1 Å². The Kier molecular flexibility index (Phi) is 5.22. The van der Waals surface area contributed by atoms with Crippen LogP contribution in [0.3, 0.4) is 0 Å². The zero-order valence-electron chi connectivity index (χ0n) is 15.3. The van der Waals surface area contributed by atoms with E-state index in [0.29, 0.717) is 22.4 Å². The molecule has 0 N–H and O–H groups in total. The first-order valence-corrected chi connectivity index (χ1v) is 9.37. The highest BCUT2D eigenvalue weighted by Gasteiger charge is 2.34. The summed E-state index contributed by atoms with van der Waals surface area (Å²) in [5, 5.41) is 0.370. The van der Waals surface area contributed by atoms with Gasteiger partial charge in [-0.2, -0.15) is 0 Å². The first kappa shape index (κ1) is 19.0. The molecule has 1 fully saturated rings. The lowest BCUT2D eigenvalue weighted by Crippen LogP contribution is -2.28. The van der Waals surface area contributed by atoms with Crippen LogP contribution in [0.25, 0.3) is 0 Å². The molecule has 0 atom stereocenters. The van der Waals surface area contributed by atoms with Crippen LogP contribution in [0.15, 0.2) is 58.4 Å². The van der Waals surface area contributed by atoms with Gasteiger partial charge in [0.2, 0.25) is 6.79 Å². The highest BCUT2D eigenvalue weighted by molar-refractivity contribution is 8.18. The van der Waals surface area contributed by atoms with E-state index in [4.69, 9.17) is 9.47 Å². The lowest BCUT2D eigenvalue weighted by atomic mass is 10.2. The van der Waals surface area contributed by atoms with E-state index in [2.05, 4.69) is 9.73 Å². The van der Waals surface area contributed by atoms with Crippen molar-refractivity contribution >= 4 is 34.5 Å². The number of carbonyl (C=O) groups is 2. The van der Waals surface area contributed by atoms with Crippen molar-refractivity contribution in [2.75, 3.05) is 13.9 Å². The van der Waals surface area contributed by atoms with Gasteiger partial charge in [-0.3, -0.25) is 9.69 Å². The Bertz CT molecular complexity index is 1040. The van der Waals surface area contributed by atoms with Crippen molar-refractivity contribution < 1.29 is 28.2 Å². The van der Waals surface area contributed by atoms with E-state index in [0.717, 1.165) is 23.4 Å². The summed E-state index contributed by atoms with van der Waals surface area (Å²) >= 11 is 1.05. The van der Waals surface area contributed by atoms with Crippen LogP contribution in [-0.4, -0.2) is 35.8 Å². The number of benzene rings is 2. The fourth-order valence-electron chi connectivity index (χ4n) is 2.74. The van der Waals surface area contributed by atoms with Crippen LogP contribution >= 0.6 is 11.8 Å². The molecule has 0 bridgehead atoms. The normalized spacial score (nSPS) is 18.0. The Morgan fingerprint density at radius 2 is 2.00 bits per heavy atom. The maximum atomic E-state index is 13.2. The zero-order valence-corrected chi connectivity index (χ0v) is 16.1. The van der Waals surface area contributed by atoms with Gasteiger partial charge in [0.1, 0.15) is 5.82 Å². The van der Waals surface area contributed by atoms with Gasteiger partial charge in [0.05, 0.1) is 24.2 Å². The molecule has 1 saturated heterocycles. The number of fused-ring (bicyclic) bond motifs is 1. The Morgan fingerprint density at radius 3 is 2.76 bits per heavy atom. The van der Waals surface area contributed by atoms with Crippen LogP contribution in [0.5, 0.6) is 11.5 Å². The molecule has 0 spiro atoms. The number of nitrogens with zero attached hydrogens (tertiary/aromatic N) is 2. The Labute approximate surface area is 169 Å². The second-order valence-electron chi connectivity index (χ2n) is 6.08. The first-order valence-electron chi connectivity index (χ1n) is 8.55. The molecule has 2 aromatic rings. The molecule has 4 rings (SSSR count). The number of halogens is 1. The molecule has 1 amide bonds. The van der Waals surface area contributed by atoms with Crippen molar-refractivity contribution in [3.05, 3.63) is 64.8 Å². The lowest BCUT2D eigenvalue weighted by molar-refractivity contribution is -0.135. The van der Waals surface area contributed by atoms with Crippen LogP contribution in [0.1, 0.15) is 5.56 Å². The molecule has 29 heavy (non-hydrogen) atoms. The van der Waals surface area contributed by atoms with Crippen LogP contribution in [0.4, 0.5) is 10.1 Å². The van der Waals surface area contributed by atoms with Crippen LogP contribution in [0, 0.1) is 5.82 Å². The summed E-state index contributed by atoms with van der Waals surface area (Å²) in [6.45, 7) is 0.363. The number of amidine groups is 1. The summed E-state index contributed by atoms with van der Waals surface area (Å²) < 4.78 is 28.5. The molecule has 0 unspecified atom stereocenters. The minimum atomic E-state index is -0.632. The van der Waals surface area contributed by atoms with Gasteiger partial charge in [-0.05, 0) is 53.7 Å². The molecule has 9 heteroatoms. The molecule has 2 aromatic carbocycles. The van der Waals surface area contributed by atoms with Gasteiger partial charge in [0.25, 0.3) is 5.91 Å². The van der Waals surface area contributed by atoms with Crippen LogP contribution < -0.4 is 9.47 Å². The van der Waals surface area contributed by atoms with E-state index in [-0.39, 0.29) is 30.0 Å². The van der Waals surface area contributed by atoms with Gasteiger partial charge in [0, 0.05) is 6.08 Å². The highest BCUT2D eigenvalue weighted by Crippen LogP contribution is 2.36. The summed E-state index contributed by atoms with van der Waals surface area (Å²) in [6, 6.07) is 11.0. The van der Waals surface area contributed by atoms with E-state index in [9.17, 15) is 14.0 Å². The first-order chi connectivity index (χ1) is 14.0. The summed E-state index contributed by atoms with van der Waals surface area (Å²) in [4.78, 5) is 30.6. The third-order valence-corrected chi connectivity index (χ3v) is 5.17. The van der Waals surface area contributed by atoms with Crippen molar-refractivity contribution in [1.29, 1.82) is 0 Å². The fourth-order valence-corrected chi connectivity index (χ4v) is 3.70. The SMILES string of the molecule is COC(=O)/C=C1\SC(=Nc2ccc(F)cc2)N(Cc2ccc3c(c2)OCO3)C1=O. The number of carbonyl (C=O) groups excluding carboxylic acids is 2. The number of rotatable bonds is 4. The molecule has 7 nitrogen and oxygen atoms in total. The predicted octanol–water partition coefficient (Wildman–Crippen LogP) is 3.37. The third-order valence-electron chi connectivity index (χ3n) is 4.17. The Hall–Kier alpha value is -3.33. The average Bonchev–Trinajstić information content (AvgIpc) is 3.29. The minimum absolute atomic E-state index is 0.153. The molecular formula is C20H15FN2O5S. The number of hydrogen-bond donors (Lipinski definition) is 0. The molecule has 0 saturated carbocycles. The van der Waals surface area contributed by atoms with Crippen LogP contribution in [0.2, 0.25) is 0 Å². The van der Waals surface area contributed by atoms with Crippen LogP contribution in [-0.2, 0) is 20.9 Å². The number of hydrogen-bond acceptors (Lipinski definition) is 7. The van der Waals surface area contributed by atoms with Crippen molar-refractivity contribution in [1.82, 2.24) is 4.90 Å². The highest BCUT2D eigenvalue weighted by atomic mass is 32.2. The number of esters is 1. The Balaban J connectivity index is 1.66. The predicted molar refractivity (Wildman–Crippen MR) is 104 cm³/mol. The maximum absolute atomic E-state index is 13.2. The van der Waals surface area contributed by atoms with Gasteiger partial charge in [-0.25, -0.2) is 14.2 Å². The molecule has 148 valence electrons. The number of aliphatic imine (C=N–C) groups is 1.